The number of amides is 1. The quantitative estimate of drug-likeness (QED) is 0.757. The van der Waals surface area contributed by atoms with E-state index in [-0.39, 0.29) is 19.1 Å². The number of thiophene rings is 1. The highest BCUT2D eigenvalue weighted by molar-refractivity contribution is 7.20. The number of hydrogen-bond acceptors (Lipinski definition) is 4. The van der Waals surface area contributed by atoms with Crippen molar-refractivity contribution in [2.75, 3.05) is 18.5 Å². The summed E-state index contributed by atoms with van der Waals surface area (Å²) < 4.78 is 6.38. The first-order valence-corrected chi connectivity index (χ1v) is 7.71. The number of anilines is 1. The molecule has 0 aliphatic carbocycles. The molecule has 2 aromatic carbocycles. The third-order valence-corrected chi connectivity index (χ3v) is 4.24. The van der Waals surface area contributed by atoms with Crippen molar-refractivity contribution in [1.82, 2.24) is 0 Å². The Bertz CT molecular complexity index is 747. The van der Waals surface area contributed by atoms with Gasteiger partial charge in [0.25, 0.3) is 5.91 Å². The van der Waals surface area contributed by atoms with Crippen LogP contribution in [0.5, 0.6) is 5.75 Å². The van der Waals surface area contributed by atoms with Crippen molar-refractivity contribution in [2.24, 2.45) is 0 Å². The molecule has 22 heavy (non-hydrogen) atoms. The highest BCUT2D eigenvalue weighted by Crippen LogP contribution is 2.26. The number of nitrogens with one attached hydrogen (secondary N) is 1. The molecule has 3 rings (SSSR count). The van der Waals surface area contributed by atoms with Crippen molar-refractivity contribution in [2.45, 2.75) is 0 Å². The minimum atomic E-state index is -0.120. The molecule has 4 nitrogen and oxygen atoms in total. The predicted molar refractivity (Wildman–Crippen MR) is 88.8 cm³/mol. The Labute approximate surface area is 132 Å². The lowest BCUT2D eigenvalue weighted by Gasteiger charge is -2.06. The second kappa shape index (κ2) is 6.60. The molecule has 5 heteroatoms. The van der Waals surface area contributed by atoms with Crippen molar-refractivity contribution < 1.29 is 14.6 Å². The fourth-order valence-corrected chi connectivity index (χ4v) is 3.04. The van der Waals surface area contributed by atoms with E-state index in [1.165, 1.54) is 11.3 Å². The van der Waals surface area contributed by atoms with E-state index in [4.69, 9.17) is 9.84 Å². The second-order valence-corrected chi connectivity index (χ2v) is 5.78. The zero-order chi connectivity index (χ0) is 15.4. The van der Waals surface area contributed by atoms with Crippen molar-refractivity contribution in [3.8, 4) is 5.75 Å². The molecule has 0 spiro atoms. The average Bonchev–Trinajstić information content (AvgIpc) is 2.98. The fourth-order valence-electron chi connectivity index (χ4n) is 2.08. The number of hydrogen-bond donors (Lipinski definition) is 2. The molecule has 1 aromatic heterocycles. The third kappa shape index (κ3) is 3.27. The number of benzene rings is 2. The second-order valence-electron chi connectivity index (χ2n) is 4.70. The molecule has 0 radical (unpaired) electrons. The van der Waals surface area contributed by atoms with Gasteiger partial charge in [-0.05, 0) is 41.8 Å². The Balaban J connectivity index is 1.70. The van der Waals surface area contributed by atoms with Crippen LogP contribution in [-0.4, -0.2) is 24.2 Å². The first-order chi connectivity index (χ1) is 10.8. The van der Waals surface area contributed by atoms with Crippen LogP contribution in [-0.2, 0) is 0 Å². The molecule has 0 unspecified atom stereocenters. The van der Waals surface area contributed by atoms with E-state index in [1.807, 2.05) is 30.3 Å². The van der Waals surface area contributed by atoms with Crippen molar-refractivity contribution in [1.29, 1.82) is 0 Å². The van der Waals surface area contributed by atoms with Gasteiger partial charge in [0.1, 0.15) is 12.4 Å². The maximum absolute atomic E-state index is 12.3. The molecule has 0 saturated heterocycles. The Morgan fingerprint density at radius 1 is 1.14 bits per heavy atom. The molecular formula is C17H15NO3S. The standard InChI is InChI=1S/C17H15NO3S/c19-9-10-21-14-7-5-13(6-8-14)18-17(20)16-11-12-3-1-2-4-15(12)22-16/h1-8,11,19H,9-10H2,(H,18,20). The van der Waals surface area contributed by atoms with Gasteiger partial charge >= 0.3 is 0 Å². The lowest BCUT2D eigenvalue weighted by Crippen LogP contribution is -2.10. The molecule has 0 bridgehead atoms. The first-order valence-electron chi connectivity index (χ1n) is 6.90. The lowest BCUT2D eigenvalue weighted by atomic mass is 10.2. The van der Waals surface area contributed by atoms with Gasteiger partial charge in [-0.15, -0.1) is 11.3 Å². The SMILES string of the molecule is O=C(Nc1ccc(OCCO)cc1)c1cc2ccccc2s1. The minimum absolute atomic E-state index is 0.0234. The zero-order valence-electron chi connectivity index (χ0n) is 11.8. The third-order valence-electron chi connectivity index (χ3n) is 3.12. The number of ether oxygens (including phenoxy) is 1. The number of aliphatic hydroxyl groups excluding tert-OH is 1. The Hall–Kier alpha value is -2.37. The number of aliphatic hydroxyl groups is 1. The largest absolute Gasteiger partial charge is 0.491 e. The van der Waals surface area contributed by atoms with Crippen LogP contribution in [0.4, 0.5) is 5.69 Å². The fraction of sp³-hybridized carbons (Fsp3) is 0.118. The lowest BCUT2D eigenvalue weighted by molar-refractivity contribution is 0.103. The van der Waals surface area contributed by atoms with Crippen LogP contribution in [0.1, 0.15) is 9.67 Å². The van der Waals surface area contributed by atoms with E-state index in [1.54, 1.807) is 24.3 Å². The van der Waals surface area contributed by atoms with Crippen molar-refractivity contribution in [3.05, 3.63) is 59.5 Å². The van der Waals surface area contributed by atoms with Gasteiger partial charge in [-0.25, -0.2) is 0 Å². The van der Waals surface area contributed by atoms with Crippen molar-refractivity contribution >= 4 is 33.0 Å². The van der Waals surface area contributed by atoms with Gasteiger partial charge in [-0.3, -0.25) is 4.79 Å². The Kier molecular flexibility index (Phi) is 4.37. The van der Waals surface area contributed by atoms with Gasteiger partial charge in [0.05, 0.1) is 11.5 Å². The van der Waals surface area contributed by atoms with E-state index in [0.29, 0.717) is 16.3 Å². The molecule has 1 heterocycles. The van der Waals surface area contributed by atoms with Crippen LogP contribution in [0.2, 0.25) is 0 Å². The molecule has 0 saturated carbocycles. The van der Waals surface area contributed by atoms with Crippen LogP contribution in [0.3, 0.4) is 0 Å². The summed E-state index contributed by atoms with van der Waals surface area (Å²) >= 11 is 1.47. The molecule has 1 amide bonds. The summed E-state index contributed by atoms with van der Waals surface area (Å²) in [7, 11) is 0. The maximum atomic E-state index is 12.3. The predicted octanol–water partition coefficient (Wildman–Crippen LogP) is 3.52. The summed E-state index contributed by atoms with van der Waals surface area (Å²) in [6.45, 7) is 0.234. The van der Waals surface area contributed by atoms with Gasteiger partial charge in [-0.1, -0.05) is 18.2 Å². The van der Waals surface area contributed by atoms with E-state index in [0.717, 1.165) is 10.1 Å². The van der Waals surface area contributed by atoms with Crippen LogP contribution in [0.25, 0.3) is 10.1 Å². The van der Waals surface area contributed by atoms with E-state index >= 15 is 0 Å². The van der Waals surface area contributed by atoms with Gasteiger partial charge in [0, 0.05) is 10.4 Å². The highest BCUT2D eigenvalue weighted by Gasteiger charge is 2.10. The van der Waals surface area contributed by atoms with Gasteiger partial charge in [-0.2, -0.15) is 0 Å². The number of fused-ring (bicyclic) bond motifs is 1. The molecule has 0 aliphatic rings. The maximum Gasteiger partial charge on any atom is 0.265 e. The van der Waals surface area contributed by atoms with Crippen LogP contribution in [0, 0.1) is 0 Å². The summed E-state index contributed by atoms with van der Waals surface area (Å²) in [6.07, 6.45) is 0. The Morgan fingerprint density at radius 3 is 2.64 bits per heavy atom. The molecule has 0 aliphatic heterocycles. The van der Waals surface area contributed by atoms with E-state index in [2.05, 4.69) is 5.32 Å². The van der Waals surface area contributed by atoms with Crippen molar-refractivity contribution in [3.63, 3.8) is 0 Å². The number of carbonyl (C=O) groups excluding carboxylic acids is 1. The van der Waals surface area contributed by atoms with Crippen LogP contribution < -0.4 is 10.1 Å². The normalized spacial score (nSPS) is 10.6. The number of carbonyl (C=O) groups is 1. The molecular weight excluding hydrogens is 298 g/mol. The topological polar surface area (TPSA) is 58.6 Å². The summed E-state index contributed by atoms with van der Waals surface area (Å²) in [6, 6.07) is 16.9. The molecule has 0 atom stereocenters. The summed E-state index contributed by atoms with van der Waals surface area (Å²) in [5.74, 6) is 0.541. The molecule has 2 N–H and O–H groups in total. The van der Waals surface area contributed by atoms with Gasteiger partial charge in [0.15, 0.2) is 0 Å². The summed E-state index contributed by atoms with van der Waals surface area (Å²) in [4.78, 5) is 13.0. The van der Waals surface area contributed by atoms with E-state index in [9.17, 15) is 4.79 Å². The monoisotopic (exact) mass is 313 g/mol. The first kappa shape index (κ1) is 14.6. The summed E-state index contributed by atoms with van der Waals surface area (Å²) in [5.41, 5.74) is 0.707. The minimum Gasteiger partial charge on any atom is -0.491 e. The Morgan fingerprint density at radius 2 is 1.91 bits per heavy atom. The smallest absolute Gasteiger partial charge is 0.265 e. The average molecular weight is 313 g/mol. The molecule has 112 valence electrons. The zero-order valence-corrected chi connectivity index (χ0v) is 12.6. The van der Waals surface area contributed by atoms with Crippen LogP contribution in [0.15, 0.2) is 54.6 Å². The van der Waals surface area contributed by atoms with Crippen LogP contribution >= 0.6 is 11.3 Å². The summed E-state index contributed by atoms with van der Waals surface area (Å²) in [5, 5.41) is 12.6. The van der Waals surface area contributed by atoms with Gasteiger partial charge < -0.3 is 15.2 Å². The van der Waals surface area contributed by atoms with E-state index < -0.39 is 0 Å². The molecule has 3 aromatic rings. The highest BCUT2D eigenvalue weighted by atomic mass is 32.1. The van der Waals surface area contributed by atoms with Gasteiger partial charge in [0.2, 0.25) is 0 Å². The number of rotatable bonds is 5. The molecule has 0 fully saturated rings.